The number of hydrogen-bond donors (Lipinski definition) is 8. The minimum Gasteiger partial charge on any atom is -0.508 e. The van der Waals surface area contributed by atoms with Crippen molar-refractivity contribution in [3.8, 4) is 5.75 Å². The average Bonchev–Trinajstić information content (AvgIpc) is 3.67. The zero-order valence-corrected chi connectivity index (χ0v) is 34.3. The van der Waals surface area contributed by atoms with E-state index in [0.717, 1.165) is 0 Å². The number of nitrogens with zero attached hydrogens (tertiary/aromatic N) is 1. The van der Waals surface area contributed by atoms with Gasteiger partial charge >= 0.3 is 5.97 Å². The number of carbonyl (C=O) groups excluding carboxylic acids is 5. The Morgan fingerprint density at radius 3 is 2.46 bits per heavy atom. The van der Waals surface area contributed by atoms with Crippen molar-refractivity contribution in [2.24, 2.45) is 29.2 Å². The van der Waals surface area contributed by atoms with E-state index in [1.54, 1.807) is 12.1 Å². The van der Waals surface area contributed by atoms with Crippen LogP contribution in [0.2, 0.25) is 0 Å². The molecule has 0 saturated carbocycles. The monoisotopic (exact) mass is 798 g/mol. The molecule has 7 atom stereocenters. The van der Waals surface area contributed by atoms with E-state index in [4.69, 9.17) is 11.5 Å². The Bertz CT molecular complexity index is 1550. The third-order valence-electron chi connectivity index (χ3n) is 11.0. The number of hydrogen-bond acceptors (Lipinski definition) is 10. The zero-order chi connectivity index (χ0) is 42.1. The van der Waals surface area contributed by atoms with E-state index >= 15 is 0 Å². The van der Waals surface area contributed by atoms with E-state index in [0.29, 0.717) is 95.0 Å². The SMILES string of the molecule is CCC(C)[C@H](NC(=O)[C@@H]1Cc2ccc(O)c(c2)CC=CCNCCC[C@H](N)C(=O)N[C@@H](CCCCN)C(=O)N2CCC[C@H]2C(=O)N1)C(=O)C[C@@H](CC(C)C)C(=O)O. The summed E-state index contributed by atoms with van der Waals surface area (Å²) in [5.41, 5.74) is 13.2. The number of Topliss-reactive ketones (excluding diaryl/α,β-unsaturated/α-hetero) is 1. The lowest BCUT2D eigenvalue weighted by molar-refractivity contribution is -0.145. The predicted molar refractivity (Wildman–Crippen MR) is 218 cm³/mol. The Kier molecular flexibility index (Phi) is 19.6. The van der Waals surface area contributed by atoms with Crippen LogP contribution in [-0.4, -0.2) is 107 Å². The van der Waals surface area contributed by atoms with Crippen LogP contribution in [0.3, 0.4) is 0 Å². The van der Waals surface area contributed by atoms with E-state index in [1.165, 1.54) is 11.0 Å². The Hall–Kier alpha value is -4.34. The van der Waals surface area contributed by atoms with Crippen molar-refractivity contribution >= 4 is 35.4 Å². The van der Waals surface area contributed by atoms with Crippen LogP contribution in [0.5, 0.6) is 5.75 Å². The summed E-state index contributed by atoms with van der Waals surface area (Å²) in [4.78, 5) is 83.1. The van der Waals surface area contributed by atoms with E-state index in [1.807, 2.05) is 39.8 Å². The number of rotatable bonds is 14. The van der Waals surface area contributed by atoms with Gasteiger partial charge in [-0.1, -0.05) is 58.4 Å². The molecule has 1 fully saturated rings. The highest BCUT2D eigenvalue weighted by atomic mass is 16.4. The number of phenols is 1. The van der Waals surface area contributed by atoms with Gasteiger partial charge in [0.1, 0.15) is 23.9 Å². The minimum absolute atomic E-state index is 0.00103. The van der Waals surface area contributed by atoms with Crippen molar-refractivity contribution in [2.45, 2.75) is 135 Å². The lowest BCUT2D eigenvalue weighted by Crippen LogP contribution is -2.59. The molecule has 2 bridgehead atoms. The van der Waals surface area contributed by atoms with Crippen molar-refractivity contribution in [3.63, 3.8) is 0 Å². The highest BCUT2D eigenvalue weighted by Gasteiger charge is 2.40. The van der Waals surface area contributed by atoms with Crippen LogP contribution in [0.15, 0.2) is 30.4 Å². The van der Waals surface area contributed by atoms with Gasteiger partial charge in [0.05, 0.1) is 18.0 Å². The topological polar surface area (TPSA) is 246 Å². The van der Waals surface area contributed by atoms with Gasteiger partial charge in [0.25, 0.3) is 0 Å². The fourth-order valence-corrected chi connectivity index (χ4v) is 7.47. The number of aliphatic carboxylic acids is 1. The summed E-state index contributed by atoms with van der Waals surface area (Å²) in [6, 6.07) is 0.0741. The van der Waals surface area contributed by atoms with Crippen molar-refractivity contribution in [1.29, 1.82) is 0 Å². The molecule has 2 heterocycles. The lowest BCUT2D eigenvalue weighted by Gasteiger charge is -2.31. The number of ketones is 1. The Labute approximate surface area is 337 Å². The van der Waals surface area contributed by atoms with Crippen molar-refractivity contribution < 1.29 is 39.0 Å². The molecular formula is C42H67N7O8. The van der Waals surface area contributed by atoms with Crippen LogP contribution in [0.1, 0.15) is 103 Å². The Morgan fingerprint density at radius 2 is 1.77 bits per heavy atom. The molecule has 1 saturated heterocycles. The number of phenolic OH excluding ortho intramolecular Hbond substituents is 1. The number of nitrogens with one attached hydrogen (secondary N) is 4. The summed E-state index contributed by atoms with van der Waals surface area (Å²) in [6.07, 6.45) is 8.21. The molecule has 10 N–H and O–H groups in total. The smallest absolute Gasteiger partial charge is 0.306 e. The molecule has 0 aliphatic carbocycles. The molecule has 4 amide bonds. The van der Waals surface area contributed by atoms with Gasteiger partial charge in [0.15, 0.2) is 5.78 Å². The second-order valence-corrected chi connectivity index (χ2v) is 16.1. The molecule has 15 heteroatoms. The highest BCUT2D eigenvalue weighted by Crippen LogP contribution is 2.24. The van der Waals surface area contributed by atoms with Crippen LogP contribution < -0.4 is 32.7 Å². The molecule has 57 heavy (non-hydrogen) atoms. The molecule has 2 aliphatic rings. The summed E-state index contributed by atoms with van der Waals surface area (Å²) >= 11 is 0. The van der Waals surface area contributed by atoms with Crippen molar-refractivity contribution in [1.82, 2.24) is 26.2 Å². The Balaban J connectivity index is 2.00. The first-order valence-electron chi connectivity index (χ1n) is 20.8. The fourth-order valence-electron chi connectivity index (χ4n) is 7.47. The number of allylic oxidation sites excluding steroid dienone is 1. The van der Waals surface area contributed by atoms with Gasteiger partial charge < -0.3 is 47.8 Å². The van der Waals surface area contributed by atoms with Gasteiger partial charge in [-0.3, -0.25) is 28.8 Å². The van der Waals surface area contributed by atoms with E-state index in [2.05, 4.69) is 21.3 Å². The van der Waals surface area contributed by atoms with Gasteiger partial charge in [0, 0.05) is 25.9 Å². The highest BCUT2D eigenvalue weighted by molar-refractivity contribution is 5.97. The van der Waals surface area contributed by atoms with Crippen LogP contribution in [0.4, 0.5) is 0 Å². The van der Waals surface area contributed by atoms with Crippen LogP contribution >= 0.6 is 0 Å². The summed E-state index contributed by atoms with van der Waals surface area (Å²) in [5, 5.41) is 32.4. The quantitative estimate of drug-likeness (QED) is 0.100. The number of benzene rings is 1. The number of carboxylic acid groups (broad SMARTS) is 1. The van der Waals surface area contributed by atoms with Gasteiger partial charge in [-0.15, -0.1) is 0 Å². The van der Waals surface area contributed by atoms with Crippen LogP contribution in [0.25, 0.3) is 0 Å². The molecule has 2 aliphatic heterocycles. The number of amides is 4. The summed E-state index contributed by atoms with van der Waals surface area (Å²) in [7, 11) is 0. The van der Waals surface area contributed by atoms with Gasteiger partial charge in [0.2, 0.25) is 23.6 Å². The molecule has 15 nitrogen and oxygen atoms in total. The van der Waals surface area contributed by atoms with Crippen molar-refractivity contribution in [2.75, 3.05) is 26.2 Å². The van der Waals surface area contributed by atoms with Gasteiger partial charge in [-0.2, -0.15) is 0 Å². The second-order valence-electron chi connectivity index (χ2n) is 16.1. The molecule has 1 unspecified atom stereocenters. The van der Waals surface area contributed by atoms with E-state index in [9.17, 15) is 39.0 Å². The number of aromatic hydroxyl groups is 1. The second kappa shape index (κ2) is 23.8. The third kappa shape index (κ3) is 14.8. The van der Waals surface area contributed by atoms with Gasteiger partial charge in [-0.05, 0) is 99.9 Å². The first-order valence-corrected chi connectivity index (χ1v) is 20.8. The fraction of sp³-hybridized carbons (Fsp3) is 0.667. The molecule has 0 radical (unpaired) electrons. The van der Waals surface area contributed by atoms with Crippen LogP contribution in [-0.2, 0) is 41.6 Å². The summed E-state index contributed by atoms with van der Waals surface area (Å²) < 4.78 is 0. The summed E-state index contributed by atoms with van der Waals surface area (Å²) in [5.74, 6) is -4.68. The number of fused-ring (bicyclic) bond motifs is 3. The number of unbranched alkanes of at least 4 members (excludes halogenated alkanes) is 1. The number of nitrogens with two attached hydrogens (primary N) is 2. The van der Waals surface area contributed by atoms with Gasteiger partial charge in [-0.25, -0.2) is 0 Å². The van der Waals surface area contributed by atoms with E-state index in [-0.39, 0.29) is 37.0 Å². The molecule has 0 spiro atoms. The minimum atomic E-state index is -1.20. The maximum absolute atomic E-state index is 14.3. The van der Waals surface area contributed by atoms with Crippen molar-refractivity contribution in [3.05, 3.63) is 41.5 Å². The maximum atomic E-state index is 14.3. The molecule has 0 aromatic heterocycles. The standard InChI is InChI=1S/C42H67N7O8/c1-5-27(4)37(36(51)25-30(42(56)57)22-26(2)3)48-39(53)33-24-28-16-17-35(50)29(23-28)12-7-9-19-45-20-10-13-31(44)38(52)46-32(14-6-8-18-43)41(55)49-21-11-15-34(49)40(54)47-33/h7,9,16-17,23,26-27,30-34,37,45,50H,5-6,8,10-15,18-22,24-25,43-44H2,1-4H3,(H,46,52)(H,47,54)(H,48,53)(H,56,57)/t27?,30-,31+,32+,33+,34+,37+/m1/s1. The van der Waals surface area contributed by atoms with Crippen LogP contribution in [0, 0.1) is 17.8 Å². The number of carboxylic acids is 1. The third-order valence-corrected chi connectivity index (χ3v) is 11.0. The molecule has 318 valence electrons. The first kappa shape index (κ1) is 47.0. The molecule has 3 rings (SSSR count). The molecule has 1 aromatic carbocycles. The molecule has 1 aromatic rings. The van der Waals surface area contributed by atoms with E-state index < -0.39 is 71.5 Å². The first-order chi connectivity index (χ1) is 27.2. The zero-order valence-electron chi connectivity index (χ0n) is 34.3. The lowest BCUT2D eigenvalue weighted by atomic mass is 9.86. The average molecular weight is 798 g/mol. The summed E-state index contributed by atoms with van der Waals surface area (Å²) in [6.45, 7) is 9.30. The maximum Gasteiger partial charge on any atom is 0.306 e. The predicted octanol–water partition coefficient (Wildman–Crippen LogP) is 2.07. The Morgan fingerprint density at radius 1 is 1.02 bits per heavy atom. The largest absolute Gasteiger partial charge is 0.508 e. The number of carbonyl (C=O) groups is 6. The normalized spacial score (nSPS) is 23.3. The molecular weight excluding hydrogens is 731 g/mol.